The quantitative estimate of drug-likeness (QED) is 0.544. The molecular formula is C25H24O2. The maximum Gasteiger partial charge on any atom is 0.104 e. The highest BCUT2D eigenvalue weighted by Gasteiger charge is 2.37. The third-order valence-electron chi connectivity index (χ3n) is 5.34. The number of ether oxygens (including phenoxy) is 2. The largest absolute Gasteiger partial charge is 0.376 e. The van der Waals surface area contributed by atoms with Crippen molar-refractivity contribution in [2.45, 2.75) is 18.1 Å². The Morgan fingerprint density at radius 1 is 0.667 bits per heavy atom. The number of hydrogen-bond acceptors (Lipinski definition) is 2. The Morgan fingerprint density at radius 3 is 1.89 bits per heavy atom. The zero-order valence-electron chi connectivity index (χ0n) is 15.7. The molecule has 0 amide bonds. The molecule has 4 rings (SSSR count). The standard InChI is InChI=1S/C25H24O2/c1-26-24(18-11-5-3-6-12-18)22-17-20-15-9-10-16-21(20)23(22)25(27-2)19-13-7-4-8-14-19/h3-17,23-25H,1-2H3. The van der Waals surface area contributed by atoms with Crippen LogP contribution >= 0.6 is 0 Å². The van der Waals surface area contributed by atoms with Gasteiger partial charge in [0.05, 0.1) is 6.10 Å². The first-order chi connectivity index (χ1) is 13.3. The van der Waals surface area contributed by atoms with E-state index in [-0.39, 0.29) is 18.1 Å². The first-order valence-corrected chi connectivity index (χ1v) is 9.29. The second-order valence-corrected chi connectivity index (χ2v) is 6.84. The van der Waals surface area contributed by atoms with Crippen LogP contribution in [0, 0.1) is 0 Å². The lowest BCUT2D eigenvalue weighted by Crippen LogP contribution is -2.18. The van der Waals surface area contributed by atoms with E-state index in [0.717, 1.165) is 5.56 Å². The van der Waals surface area contributed by atoms with E-state index in [9.17, 15) is 0 Å². The van der Waals surface area contributed by atoms with Crippen LogP contribution < -0.4 is 0 Å². The molecule has 1 aliphatic rings. The van der Waals surface area contributed by atoms with E-state index in [1.807, 2.05) is 12.1 Å². The molecule has 136 valence electrons. The van der Waals surface area contributed by atoms with Crippen LogP contribution in [-0.4, -0.2) is 14.2 Å². The van der Waals surface area contributed by atoms with Crippen LogP contribution in [0.1, 0.15) is 40.4 Å². The Kier molecular flexibility index (Phi) is 5.19. The first kappa shape index (κ1) is 17.7. The molecule has 0 N–H and O–H groups in total. The van der Waals surface area contributed by atoms with Gasteiger partial charge in [-0.3, -0.25) is 0 Å². The SMILES string of the molecule is COC(C1=Cc2ccccc2C1C(OC)c1ccccc1)c1ccccc1. The second-order valence-electron chi connectivity index (χ2n) is 6.84. The van der Waals surface area contributed by atoms with Gasteiger partial charge in [0.1, 0.15) is 6.10 Å². The molecule has 3 atom stereocenters. The lowest BCUT2D eigenvalue weighted by Gasteiger charge is -2.30. The summed E-state index contributed by atoms with van der Waals surface area (Å²) in [7, 11) is 3.57. The Hall–Kier alpha value is -2.68. The maximum absolute atomic E-state index is 6.04. The van der Waals surface area contributed by atoms with Crippen molar-refractivity contribution in [1.29, 1.82) is 0 Å². The van der Waals surface area contributed by atoms with E-state index in [2.05, 4.69) is 78.9 Å². The van der Waals surface area contributed by atoms with E-state index in [1.54, 1.807) is 14.2 Å². The molecule has 0 saturated carbocycles. The number of rotatable bonds is 6. The Bertz CT molecular complexity index is 915. The van der Waals surface area contributed by atoms with Gasteiger partial charge in [-0.15, -0.1) is 0 Å². The Labute approximate surface area is 161 Å². The molecule has 3 unspecified atom stereocenters. The molecule has 27 heavy (non-hydrogen) atoms. The number of benzene rings is 3. The third-order valence-corrected chi connectivity index (χ3v) is 5.34. The monoisotopic (exact) mass is 356 g/mol. The van der Waals surface area contributed by atoms with Gasteiger partial charge in [0.15, 0.2) is 0 Å². The molecule has 3 aromatic rings. The van der Waals surface area contributed by atoms with Crippen LogP contribution in [-0.2, 0) is 9.47 Å². The summed E-state index contributed by atoms with van der Waals surface area (Å²) in [4.78, 5) is 0. The van der Waals surface area contributed by atoms with E-state index in [0.29, 0.717) is 0 Å². The summed E-state index contributed by atoms with van der Waals surface area (Å²) in [5.41, 5.74) is 6.11. The van der Waals surface area contributed by atoms with E-state index in [4.69, 9.17) is 9.47 Å². The minimum atomic E-state index is -0.107. The molecule has 0 aromatic heterocycles. The van der Waals surface area contributed by atoms with Gasteiger partial charge in [-0.1, -0.05) is 91.0 Å². The summed E-state index contributed by atoms with van der Waals surface area (Å²) in [5.74, 6) is 0.110. The summed E-state index contributed by atoms with van der Waals surface area (Å²) < 4.78 is 12.0. The van der Waals surface area contributed by atoms with Gasteiger partial charge >= 0.3 is 0 Å². The zero-order valence-corrected chi connectivity index (χ0v) is 15.7. The van der Waals surface area contributed by atoms with Crippen molar-refractivity contribution >= 4 is 6.08 Å². The molecule has 0 spiro atoms. The maximum atomic E-state index is 6.04. The molecule has 3 aromatic carbocycles. The van der Waals surface area contributed by atoms with E-state index in [1.165, 1.54) is 22.3 Å². The third kappa shape index (κ3) is 3.34. The van der Waals surface area contributed by atoms with Crippen LogP contribution in [0.2, 0.25) is 0 Å². The average Bonchev–Trinajstić information content (AvgIpc) is 3.10. The smallest absolute Gasteiger partial charge is 0.104 e. The van der Waals surface area contributed by atoms with E-state index < -0.39 is 0 Å². The van der Waals surface area contributed by atoms with Crippen molar-refractivity contribution in [2.24, 2.45) is 0 Å². The molecule has 2 nitrogen and oxygen atoms in total. The van der Waals surface area contributed by atoms with Crippen LogP contribution in [0.4, 0.5) is 0 Å². The Balaban J connectivity index is 1.82. The van der Waals surface area contributed by atoms with Crippen LogP contribution in [0.5, 0.6) is 0 Å². The van der Waals surface area contributed by atoms with Crippen LogP contribution in [0.3, 0.4) is 0 Å². The number of methoxy groups -OCH3 is 2. The highest BCUT2D eigenvalue weighted by molar-refractivity contribution is 5.69. The Morgan fingerprint density at radius 2 is 1.26 bits per heavy atom. The fourth-order valence-corrected chi connectivity index (χ4v) is 4.15. The normalized spacial score (nSPS) is 17.9. The fraction of sp³-hybridized carbons (Fsp3) is 0.200. The van der Waals surface area contributed by atoms with Crippen LogP contribution in [0.25, 0.3) is 6.08 Å². The van der Waals surface area contributed by atoms with Gasteiger partial charge in [0, 0.05) is 20.1 Å². The molecule has 2 heteroatoms. The van der Waals surface area contributed by atoms with Crippen molar-refractivity contribution < 1.29 is 9.47 Å². The van der Waals surface area contributed by atoms with Crippen molar-refractivity contribution in [3.8, 4) is 0 Å². The van der Waals surface area contributed by atoms with Crippen molar-refractivity contribution in [3.05, 3.63) is 113 Å². The number of fused-ring (bicyclic) bond motifs is 1. The molecule has 0 saturated heterocycles. The summed E-state index contributed by atoms with van der Waals surface area (Å²) in [6.45, 7) is 0. The highest BCUT2D eigenvalue weighted by atomic mass is 16.5. The topological polar surface area (TPSA) is 18.5 Å². The summed E-state index contributed by atoms with van der Waals surface area (Å²) >= 11 is 0. The average molecular weight is 356 g/mol. The minimum absolute atomic E-state index is 0.0672. The van der Waals surface area contributed by atoms with Gasteiger partial charge in [0.25, 0.3) is 0 Å². The zero-order chi connectivity index (χ0) is 18.6. The minimum Gasteiger partial charge on any atom is -0.376 e. The summed E-state index contributed by atoms with van der Waals surface area (Å²) in [6, 6.07) is 29.4. The molecule has 0 aliphatic heterocycles. The van der Waals surface area contributed by atoms with Crippen LogP contribution in [0.15, 0.2) is 90.5 Å². The predicted octanol–water partition coefficient (Wildman–Crippen LogP) is 5.94. The van der Waals surface area contributed by atoms with Gasteiger partial charge in [-0.05, 0) is 27.8 Å². The lowest BCUT2D eigenvalue weighted by molar-refractivity contribution is 0.0709. The molecule has 0 heterocycles. The van der Waals surface area contributed by atoms with Gasteiger partial charge in [-0.25, -0.2) is 0 Å². The molecular weight excluding hydrogens is 332 g/mol. The van der Waals surface area contributed by atoms with Gasteiger partial charge < -0.3 is 9.47 Å². The van der Waals surface area contributed by atoms with Gasteiger partial charge in [-0.2, -0.15) is 0 Å². The molecule has 0 radical (unpaired) electrons. The van der Waals surface area contributed by atoms with Gasteiger partial charge in [0.2, 0.25) is 0 Å². The molecule has 0 bridgehead atoms. The highest BCUT2D eigenvalue weighted by Crippen LogP contribution is 2.50. The molecule has 1 aliphatic carbocycles. The number of hydrogen-bond donors (Lipinski definition) is 0. The molecule has 0 fully saturated rings. The second kappa shape index (κ2) is 7.91. The fourth-order valence-electron chi connectivity index (χ4n) is 4.15. The summed E-state index contributed by atoms with van der Waals surface area (Å²) in [6.07, 6.45) is 2.10. The predicted molar refractivity (Wildman–Crippen MR) is 110 cm³/mol. The van der Waals surface area contributed by atoms with Crippen molar-refractivity contribution in [1.82, 2.24) is 0 Å². The van der Waals surface area contributed by atoms with Crippen molar-refractivity contribution in [2.75, 3.05) is 14.2 Å². The lowest BCUT2D eigenvalue weighted by atomic mass is 9.83. The first-order valence-electron chi connectivity index (χ1n) is 9.29. The van der Waals surface area contributed by atoms with E-state index >= 15 is 0 Å². The summed E-state index contributed by atoms with van der Waals surface area (Å²) in [5, 5.41) is 0. The van der Waals surface area contributed by atoms with Crippen molar-refractivity contribution in [3.63, 3.8) is 0 Å².